The lowest BCUT2D eigenvalue weighted by Gasteiger charge is -2.16. The van der Waals surface area contributed by atoms with Crippen LogP contribution in [0.15, 0.2) is 30.3 Å². The second kappa shape index (κ2) is 7.67. The number of carbonyl (C=O) groups is 2. The molecule has 0 bridgehead atoms. The van der Waals surface area contributed by atoms with E-state index in [1.54, 1.807) is 0 Å². The van der Waals surface area contributed by atoms with Crippen LogP contribution in [0.1, 0.15) is 31.2 Å². The number of methoxy groups -OCH3 is 1. The van der Waals surface area contributed by atoms with Crippen LogP contribution in [0, 0.1) is 5.92 Å². The second-order valence-corrected chi connectivity index (χ2v) is 5.30. The van der Waals surface area contributed by atoms with Gasteiger partial charge in [-0.2, -0.15) is 0 Å². The number of alkyl carbamates (subject to hydrolysis) is 1. The van der Waals surface area contributed by atoms with Crippen LogP contribution in [0.4, 0.5) is 4.79 Å². The van der Waals surface area contributed by atoms with Gasteiger partial charge in [0.1, 0.15) is 12.6 Å². The van der Waals surface area contributed by atoms with Crippen molar-refractivity contribution in [1.29, 1.82) is 0 Å². The number of nitrogens with one attached hydrogen (secondary N) is 1. The minimum atomic E-state index is -0.626. The van der Waals surface area contributed by atoms with E-state index in [1.807, 2.05) is 30.3 Å². The molecule has 5 heteroatoms. The largest absolute Gasteiger partial charge is 0.467 e. The number of benzene rings is 1. The van der Waals surface area contributed by atoms with Gasteiger partial charge in [0.25, 0.3) is 0 Å². The quantitative estimate of drug-likeness (QED) is 0.784. The standard InChI is InChI=1S/C16H21NO4/c1-20-15(18)14(10-9-12-7-8-12)17-16(19)21-11-13-5-3-2-4-6-13/h2-6,12,14H,7-11H2,1H3,(H,17,19). The number of hydrogen-bond donors (Lipinski definition) is 1. The van der Waals surface area contributed by atoms with Gasteiger partial charge in [0.05, 0.1) is 7.11 Å². The molecule has 1 N–H and O–H groups in total. The summed E-state index contributed by atoms with van der Waals surface area (Å²) >= 11 is 0. The summed E-state index contributed by atoms with van der Waals surface area (Å²) in [6.45, 7) is 0.184. The fourth-order valence-electron chi connectivity index (χ4n) is 2.11. The Kier molecular flexibility index (Phi) is 5.60. The molecule has 1 unspecified atom stereocenters. The molecular formula is C16H21NO4. The molecule has 0 aliphatic heterocycles. The van der Waals surface area contributed by atoms with Gasteiger partial charge in [-0.3, -0.25) is 0 Å². The maximum absolute atomic E-state index is 11.8. The molecule has 0 radical (unpaired) electrons. The first kappa shape index (κ1) is 15.4. The van der Waals surface area contributed by atoms with Crippen molar-refractivity contribution >= 4 is 12.1 Å². The van der Waals surface area contributed by atoms with Gasteiger partial charge < -0.3 is 14.8 Å². The molecule has 1 fully saturated rings. The number of amides is 1. The molecule has 5 nitrogen and oxygen atoms in total. The zero-order chi connectivity index (χ0) is 15.1. The highest BCUT2D eigenvalue weighted by Crippen LogP contribution is 2.33. The molecule has 1 aromatic rings. The van der Waals surface area contributed by atoms with Crippen molar-refractivity contribution in [2.75, 3.05) is 7.11 Å². The Bertz CT molecular complexity index is 470. The molecule has 0 saturated heterocycles. The summed E-state index contributed by atoms with van der Waals surface area (Å²) in [5.74, 6) is 0.270. The summed E-state index contributed by atoms with van der Waals surface area (Å²) in [5.41, 5.74) is 0.903. The minimum Gasteiger partial charge on any atom is -0.467 e. The lowest BCUT2D eigenvalue weighted by molar-refractivity contribution is -0.143. The minimum absolute atomic E-state index is 0.184. The van der Waals surface area contributed by atoms with E-state index >= 15 is 0 Å². The van der Waals surface area contributed by atoms with E-state index in [9.17, 15) is 9.59 Å². The maximum Gasteiger partial charge on any atom is 0.408 e. The number of esters is 1. The van der Waals surface area contributed by atoms with Crippen LogP contribution in [-0.2, 0) is 20.9 Å². The molecule has 2 rings (SSSR count). The van der Waals surface area contributed by atoms with E-state index in [2.05, 4.69) is 5.32 Å². The molecule has 21 heavy (non-hydrogen) atoms. The molecule has 0 heterocycles. The third-order valence-electron chi connectivity index (χ3n) is 3.55. The Morgan fingerprint density at radius 3 is 2.62 bits per heavy atom. The maximum atomic E-state index is 11.8. The summed E-state index contributed by atoms with van der Waals surface area (Å²) in [5, 5.41) is 2.59. The van der Waals surface area contributed by atoms with E-state index in [-0.39, 0.29) is 6.61 Å². The predicted octanol–water partition coefficient (Wildman–Crippen LogP) is 2.64. The van der Waals surface area contributed by atoms with Gasteiger partial charge in [-0.25, -0.2) is 9.59 Å². The SMILES string of the molecule is COC(=O)C(CCC1CC1)NC(=O)OCc1ccccc1. The Balaban J connectivity index is 1.77. The van der Waals surface area contributed by atoms with Crippen LogP contribution in [0.5, 0.6) is 0 Å². The number of rotatable bonds is 7. The van der Waals surface area contributed by atoms with Crippen LogP contribution in [0.25, 0.3) is 0 Å². The number of hydrogen-bond acceptors (Lipinski definition) is 4. The van der Waals surface area contributed by atoms with Crippen molar-refractivity contribution in [1.82, 2.24) is 5.32 Å². The summed E-state index contributed by atoms with van der Waals surface area (Å²) in [7, 11) is 1.32. The van der Waals surface area contributed by atoms with Crippen LogP contribution in [0.3, 0.4) is 0 Å². The first-order chi connectivity index (χ1) is 10.2. The monoisotopic (exact) mass is 291 g/mol. The van der Waals surface area contributed by atoms with Gasteiger partial charge in [0, 0.05) is 0 Å². The van der Waals surface area contributed by atoms with Gasteiger partial charge in [-0.15, -0.1) is 0 Å². The molecule has 1 aliphatic rings. The first-order valence-electron chi connectivity index (χ1n) is 7.24. The molecule has 1 saturated carbocycles. The van der Waals surface area contributed by atoms with Crippen LogP contribution in [-0.4, -0.2) is 25.2 Å². The van der Waals surface area contributed by atoms with E-state index in [0.29, 0.717) is 12.3 Å². The number of carbonyl (C=O) groups excluding carboxylic acids is 2. The molecule has 1 aromatic carbocycles. The van der Waals surface area contributed by atoms with Crippen molar-refractivity contribution < 1.29 is 19.1 Å². The fraction of sp³-hybridized carbons (Fsp3) is 0.500. The van der Waals surface area contributed by atoms with Crippen molar-refractivity contribution in [3.05, 3.63) is 35.9 Å². The highest BCUT2D eigenvalue weighted by atomic mass is 16.6. The number of ether oxygens (including phenoxy) is 2. The third-order valence-corrected chi connectivity index (χ3v) is 3.55. The van der Waals surface area contributed by atoms with Gasteiger partial charge >= 0.3 is 12.1 Å². The zero-order valence-corrected chi connectivity index (χ0v) is 12.2. The molecule has 1 atom stereocenters. The van der Waals surface area contributed by atoms with Crippen LogP contribution < -0.4 is 5.32 Å². The van der Waals surface area contributed by atoms with E-state index < -0.39 is 18.1 Å². The average Bonchev–Trinajstić information content (AvgIpc) is 3.34. The van der Waals surface area contributed by atoms with E-state index in [4.69, 9.17) is 9.47 Å². The highest BCUT2D eigenvalue weighted by Gasteiger charge is 2.27. The van der Waals surface area contributed by atoms with Crippen molar-refractivity contribution in [2.45, 2.75) is 38.3 Å². The first-order valence-corrected chi connectivity index (χ1v) is 7.24. The normalized spacial score (nSPS) is 15.1. The molecule has 1 aliphatic carbocycles. The Labute approximate surface area is 124 Å². The van der Waals surface area contributed by atoms with E-state index in [1.165, 1.54) is 20.0 Å². The fourth-order valence-corrected chi connectivity index (χ4v) is 2.11. The smallest absolute Gasteiger partial charge is 0.408 e. The van der Waals surface area contributed by atoms with Crippen molar-refractivity contribution in [3.8, 4) is 0 Å². The third kappa shape index (κ3) is 5.45. The van der Waals surface area contributed by atoms with Gasteiger partial charge in [0.2, 0.25) is 0 Å². The lowest BCUT2D eigenvalue weighted by Crippen LogP contribution is -2.41. The van der Waals surface area contributed by atoms with E-state index in [0.717, 1.165) is 12.0 Å². The predicted molar refractivity (Wildman–Crippen MR) is 77.5 cm³/mol. The van der Waals surface area contributed by atoms with Crippen LogP contribution in [0.2, 0.25) is 0 Å². The Morgan fingerprint density at radius 2 is 2.00 bits per heavy atom. The lowest BCUT2D eigenvalue weighted by atomic mass is 10.1. The molecule has 1 amide bonds. The summed E-state index contributed by atoms with van der Waals surface area (Å²) < 4.78 is 9.84. The summed E-state index contributed by atoms with van der Waals surface area (Å²) in [6.07, 6.45) is 3.36. The topological polar surface area (TPSA) is 64.6 Å². The van der Waals surface area contributed by atoms with Crippen molar-refractivity contribution in [3.63, 3.8) is 0 Å². The molecule has 0 aromatic heterocycles. The molecular weight excluding hydrogens is 270 g/mol. The molecule has 0 spiro atoms. The Hall–Kier alpha value is -2.04. The van der Waals surface area contributed by atoms with Gasteiger partial charge in [0.15, 0.2) is 0 Å². The average molecular weight is 291 g/mol. The van der Waals surface area contributed by atoms with Crippen molar-refractivity contribution in [2.24, 2.45) is 5.92 Å². The second-order valence-electron chi connectivity index (χ2n) is 5.30. The molecule has 114 valence electrons. The van der Waals surface area contributed by atoms with Crippen LogP contribution >= 0.6 is 0 Å². The highest BCUT2D eigenvalue weighted by molar-refractivity contribution is 5.81. The zero-order valence-electron chi connectivity index (χ0n) is 12.2. The summed E-state index contributed by atoms with van der Waals surface area (Å²) in [6, 6.07) is 8.77. The van der Waals surface area contributed by atoms with Gasteiger partial charge in [-0.1, -0.05) is 43.2 Å². The van der Waals surface area contributed by atoms with Gasteiger partial charge in [-0.05, 0) is 24.3 Å². The Morgan fingerprint density at radius 1 is 1.29 bits per heavy atom. The summed E-state index contributed by atoms with van der Waals surface area (Å²) in [4.78, 5) is 23.4.